The molecule has 2 aliphatic rings. The lowest BCUT2D eigenvalue weighted by Gasteiger charge is -2.59. The van der Waals surface area contributed by atoms with Crippen molar-refractivity contribution >= 4 is 5.97 Å². The van der Waals surface area contributed by atoms with E-state index in [1.807, 2.05) is 40.7 Å². The van der Waals surface area contributed by atoms with Gasteiger partial charge in [0, 0.05) is 12.3 Å². The number of hydrogen-bond donors (Lipinski definition) is 0. The molecule has 5 atom stereocenters. The lowest BCUT2D eigenvalue weighted by molar-refractivity contribution is -0.374. The van der Waals surface area contributed by atoms with Gasteiger partial charge in [0.1, 0.15) is 12.7 Å². The molecule has 1 spiro atoms. The topological polar surface area (TPSA) is 67.9 Å². The Bertz CT molecular complexity index is 697. The number of carbonyl (C=O) groups excluding carboxylic acids is 1. The number of benzene rings is 1. The van der Waals surface area contributed by atoms with Crippen LogP contribution in [0.5, 0.6) is 0 Å². The lowest BCUT2D eigenvalue weighted by atomic mass is 9.67. The zero-order valence-corrected chi connectivity index (χ0v) is 17.6. The summed E-state index contributed by atoms with van der Waals surface area (Å²) >= 11 is 0. The molecule has 2 heterocycles. The molecular formula is C22H32NO5. The summed E-state index contributed by atoms with van der Waals surface area (Å²) in [6.07, 6.45) is 1.58. The molecule has 1 radical (unpaired) electrons. The van der Waals surface area contributed by atoms with Crippen molar-refractivity contribution in [3.8, 4) is 0 Å². The molecule has 1 aromatic rings. The number of hydrogen-bond acceptors (Lipinski definition) is 5. The Labute approximate surface area is 167 Å². The number of rotatable bonds is 5. The molecule has 28 heavy (non-hydrogen) atoms. The van der Waals surface area contributed by atoms with Crippen LogP contribution in [0.4, 0.5) is 0 Å². The van der Waals surface area contributed by atoms with Crippen molar-refractivity contribution in [1.29, 1.82) is 0 Å². The second-order valence-electron chi connectivity index (χ2n) is 8.58. The standard InChI is InChI=1S/C22H32NO5/c1-6-20(4)15-22(16(3)21(5,7-2)23(20)25)27-14-18(28-22)13-26-19(24)17-11-9-8-10-12-17/h8-12,16,18H,6-7,13-15H2,1-5H3. The maximum Gasteiger partial charge on any atom is 0.338 e. The normalized spacial score (nSPS) is 38.6. The van der Waals surface area contributed by atoms with Crippen LogP contribution in [0.3, 0.4) is 0 Å². The zero-order chi connectivity index (χ0) is 20.6. The van der Waals surface area contributed by atoms with E-state index in [0.717, 1.165) is 0 Å². The summed E-state index contributed by atoms with van der Waals surface area (Å²) in [6.45, 7) is 10.6. The van der Waals surface area contributed by atoms with Crippen LogP contribution in [-0.2, 0) is 19.4 Å². The molecule has 3 rings (SSSR count). The van der Waals surface area contributed by atoms with Gasteiger partial charge < -0.3 is 14.2 Å². The Morgan fingerprint density at radius 2 is 1.89 bits per heavy atom. The highest BCUT2D eigenvalue weighted by Gasteiger charge is 2.63. The molecular weight excluding hydrogens is 358 g/mol. The van der Waals surface area contributed by atoms with E-state index in [-0.39, 0.29) is 24.6 Å². The number of esters is 1. The number of ether oxygens (including phenoxy) is 3. The van der Waals surface area contributed by atoms with Gasteiger partial charge >= 0.3 is 5.97 Å². The van der Waals surface area contributed by atoms with Crippen molar-refractivity contribution in [2.75, 3.05) is 13.2 Å². The molecule has 0 saturated carbocycles. The number of nitrogens with zero attached hydrogens (tertiary/aromatic N) is 1. The zero-order valence-electron chi connectivity index (χ0n) is 17.6. The summed E-state index contributed by atoms with van der Waals surface area (Å²) in [4.78, 5) is 12.2. The average Bonchev–Trinajstić information content (AvgIpc) is 3.13. The minimum atomic E-state index is -0.833. The molecule has 0 N–H and O–H groups in total. The first-order valence-corrected chi connectivity index (χ1v) is 10.2. The van der Waals surface area contributed by atoms with Crippen molar-refractivity contribution in [2.24, 2.45) is 5.92 Å². The Kier molecular flexibility index (Phi) is 5.88. The maximum absolute atomic E-state index is 13.2. The fourth-order valence-electron chi connectivity index (χ4n) is 4.55. The molecule has 0 amide bonds. The van der Waals surface area contributed by atoms with E-state index in [1.54, 1.807) is 24.3 Å². The number of hydroxylamine groups is 2. The summed E-state index contributed by atoms with van der Waals surface area (Å²) in [5.41, 5.74) is -0.632. The summed E-state index contributed by atoms with van der Waals surface area (Å²) < 4.78 is 18.0. The molecule has 0 aromatic heterocycles. The molecule has 2 saturated heterocycles. The summed E-state index contributed by atoms with van der Waals surface area (Å²) in [5.74, 6) is -1.32. The van der Waals surface area contributed by atoms with Crippen LogP contribution >= 0.6 is 0 Å². The van der Waals surface area contributed by atoms with Gasteiger partial charge in [0.25, 0.3) is 0 Å². The Hall–Kier alpha value is -1.47. The van der Waals surface area contributed by atoms with Crippen molar-refractivity contribution in [3.63, 3.8) is 0 Å². The molecule has 0 aliphatic carbocycles. The molecule has 6 heteroatoms. The summed E-state index contributed by atoms with van der Waals surface area (Å²) in [6, 6.07) is 8.91. The van der Waals surface area contributed by atoms with E-state index in [9.17, 15) is 10.0 Å². The Morgan fingerprint density at radius 1 is 1.21 bits per heavy atom. The minimum absolute atomic E-state index is 0.114. The van der Waals surface area contributed by atoms with Crippen LogP contribution in [0.2, 0.25) is 0 Å². The van der Waals surface area contributed by atoms with Gasteiger partial charge in [0.2, 0.25) is 0 Å². The fourth-order valence-corrected chi connectivity index (χ4v) is 4.55. The van der Waals surface area contributed by atoms with Crippen molar-refractivity contribution < 1.29 is 24.2 Å². The van der Waals surface area contributed by atoms with Crippen molar-refractivity contribution in [1.82, 2.24) is 5.06 Å². The van der Waals surface area contributed by atoms with Crippen LogP contribution < -0.4 is 0 Å². The van der Waals surface area contributed by atoms with Crippen LogP contribution in [0.15, 0.2) is 30.3 Å². The third kappa shape index (κ3) is 3.47. The average molecular weight is 391 g/mol. The molecule has 2 aliphatic heterocycles. The van der Waals surface area contributed by atoms with E-state index in [1.165, 1.54) is 5.06 Å². The molecule has 6 nitrogen and oxygen atoms in total. The van der Waals surface area contributed by atoms with E-state index < -0.39 is 16.9 Å². The minimum Gasteiger partial charge on any atom is -0.459 e. The van der Waals surface area contributed by atoms with E-state index in [4.69, 9.17) is 14.2 Å². The predicted octanol–water partition coefficient (Wildman–Crippen LogP) is 3.98. The fraction of sp³-hybridized carbons (Fsp3) is 0.682. The van der Waals surface area contributed by atoms with Crippen LogP contribution in [0.1, 0.15) is 64.2 Å². The first-order chi connectivity index (χ1) is 13.2. The van der Waals surface area contributed by atoms with Crippen LogP contribution in [0, 0.1) is 5.92 Å². The van der Waals surface area contributed by atoms with Crippen LogP contribution in [-0.4, -0.2) is 47.2 Å². The molecule has 1 aromatic carbocycles. The SMILES string of the molecule is CCC1(C)CC2(OCC(COC(=O)c3ccccc3)O2)C(C)C(C)(CC)N1[O]. The third-order valence-corrected chi connectivity index (χ3v) is 6.94. The first kappa shape index (κ1) is 21.2. The quantitative estimate of drug-likeness (QED) is 0.712. The van der Waals surface area contributed by atoms with E-state index >= 15 is 0 Å². The third-order valence-electron chi connectivity index (χ3n) is 6.94. The Morgan fingerprint density at radius 3 is 2.50 bits per heavy atom. The van der Waals surface area contributed by atoms with Gasteiger partial charge in [-0.3, -0.25) is 0 Å². The monoisotopic (exact) mass is 390 g/mol. The number of carbonyl (C=O) groups is 1. The highest BCUT2D eigenvalue weighted by atomic mass is 16.8. The highest BCUT2D eigenvalue weighted by Crippen LogP contribution is 2.53. The van der Waals surface area contributed by atoms with Crippen LogP contribution in [0.25, 0.3) is 0 Å². The lowest BCUT2D eigenvalue weighted by Crippen LogP contribution is -2.70. The summed E-state index contributed by atoms with van der Waals surface area (Å²) in [5, 5.41) is 14.4. The first-order valence-electron chi connectivity index (χ1n) is 10.2. The van der Waals surface area contributed by atoms with E-state index in [2.05, 4.69) is 0 Å². The molecule has 0 bridgehead atoms. The molecule has 155 valence electrons. The highest BCUT2D eigenvalue weighted by molar-refractivity contribution is 5.89. The predicted molar refractivity (Wildman–Crippen MR) is 104 cm³/mol. The summed E-state index contributed by atoms with van der Waals surface area (Å²) in [7, 11) is 0. The van der Waals surface area contributed by atoms with Crippen molar-refractivity contribution in [3.05, 3.63) is 35.9 Å². The van der Waals surface area contributed by atoms with E-state index in [0.29, 0.717) is 31.4 Å². The second-order valence-corrected chi connectivity index (χ2v) is 8.58. The van der Waals surface area contributed by atoms with Gasteiger partial charge in [-0.2, -0.15) is 0 Å². The van der Waals surface area contributed by atoms with Gasteiger partial charge in [-0.05, 0) is 38.8 Å². The molecule has 2 fully saturated rings. The van der Waals surface area contributed by atoms with Gasteiger partial charge in [-0.15, -0.1) is 10.3 Å². The van der Waals surface area contributed by atoms with Gasteiger partial charge in [0.15, 0.2) is 5.79 Å². The van der Waals surface area contributed by atoms with Crippen molar-refractivity contribution in [2.45, 2.75) is 76.9 Å². The maximum atomic E-state index is 13.2. The van der Waals surface area contributed by atoms with Gasteiger partial charge in [-0.1, -0.05) is 39.0 Å². The largest absolute Gasteiger partial charge is 0.459 e. The Balaban J connectivity index is 1.72. The smallest absolute Gasteiger partial charge is 0.338 e. The van der Waals surface area contributed by atoms with Gasteiger partial charge in [-0.25, -0.2) is 4.79 Å². The number of piperidine rings is 1. The molecule has 5 unspecified atom stereocenters. The second kappa shape index (κ2) is 7.75. The van der Waals surface area contributed by atoms with Gasteiger partial charge in [0.05, 0.1) is 23.2 Å².